The van der Waals surface area contributed by atoms with Crippen LogP contribution in [-0.2, 0) is 0 Å². The first-order valence-electron chi connectivity index (χ1n) is 21.2. The Hall–Kier alpha value is -8.61. The molecule has 63 heavy (non-hydrogen) atoms. The summed E-state index contributed by atoms with van der Waals surface area (Å²) < 4.78 is 11.8. The highest BCUT2D eigenvalue weighted by molar-refractivity contribution is 6.21. The number of nitrogens with zero attached hydrogens (tertiary/aromatic N) is 5. The summed E-state index contributed by atoms with van der Waals surface area (Å²) in [7, 11) is 0. The summed E-state index contributed by atoms with van der Waals surface area (Å²) in [6, 6.07) is 74.4. The second-order valence-corrected chi connectivity index (χ2v) is 16.0. The van der Waals surface area contributed by atoms with E-state index in [0.717, 1.165) is 82.8 Å². The van der Waals surface area contributed by atoms with Gasteiger partial charge < -0.3 is 13.6 Å². The van der Waals surface area contributed by atoms with Gasteiger partial charge in [-0.05, 0) is 65.7 Å². The average Bonchev–Trinajstić information content (AvgIpc) is 4.02. The summed E-state index contributed by atoms with van der Waals surface area (Å²) in [5, 5.41) is 6.84. The van der Waals surface area contributed by atoms with E-state index in [4.69, 9.17) is 19.4 Å². The second kappa shape index (κ2) is 14.0. The lowest BCUT2D eigenvalue weighted by Crippen LogP contribution is -2.01. The highest BCUT2D eigenvalue weighted by Crippen LogP contribution is 2.42. The highest BCUT2D eigenvalue weighted by Gasteiger charge is 2.21. The fourth-order valence-corrected chi connectivity index (χ4v) is 9.46. The Morgan fingerprint density at radius 3 is 1.52 bits per heavy atom. The van der Waals surface area contributed by atoms with Gasteiger partial charge in [0, 0.05) is 66.4 Å². The van der Waals surface area contributed by atoms with Gasteiger partial charge >= 0.3 is 0 Å². The van der Waals surface area contributed by atoms with Gasteiger partial charge in [-0.3, -0.25) is 0 Å². The van der Waals surface area contributed by atoms with Crippen LogP contribution in [0.15, 0.2) is 217 Å². The Balaban J connectivity index is 0.994. The molecule has 0 aliphatic rings. The van der Waals surface area contributed by atoms with E-state index in [1.807, 2.05) is 60.7 Å². The number of aromatic nitrogens is 5. The first-order chi connectivity index (χ1) is 31.2. The van der Waals surface area contributed by atoms with E-state index >= 15 is 0 Å². The van der Waals surface area contributed by atoms with Gasteiger partial charge in [0.25, 0.3) is 0 Å². The molecule has 0 N–H and O–H groups in total. The molecule has 13 rings (SSSR count). The molecule has 0 aliphatic carbocycles. The molecular weight excluding hydrogens is 771 g/mol. The van der Waals surface area contributed by atoms with Crippen LogP contribution in [0.5, 0.6) is 0 Å². The molecule has 0 unspecified atom stereocenters. The summed E-state index contributed by atoms with van der Waals surface area (Å²) >= 11 is 0. The van der Waals surface area contributed by atoms with E-state index in [9.17, 15) is 0 Å². The first-order valence-corrected chi connectivity index (χ1v) is 21.2. The lowest BCUT2D eigenvalue weighted by Gasteiger charge is -2.11. The minimum Gasteiger partial charge on any atom is -0.454 e. The van der Waals surface area contributed by atoms with Crippen LogP contribution >= 0.6 is 0 Å². The highest BCUT2D eigenvalue weighted by atomic mass is 16.3. The van der Waals surface area contributed by atoms with Crippen LogP contribution in [0.3, 0.4) is 0 Å². The topological polar surface area (TPSA) is 61.7 Å². The largest absolute Gasteiger partial charge is 0.454 e. The standard InChI is InChI=1S/C57H35N5O/c1-4-15-36(16-5-1)39-27-32-51-48(34-39)44-24-11-12-25-49(44)61(51)42-28-29-45-47-31-30-46-43-23-10-13-26-50(43)62(53(46)54(47)63-52(45)35-42)41-22-14-21-40(33-41)57-59-55(37-17-6-2-7-18-37)58-56(60-57)38-19-8-3-9-20-38/h1-35H. The quantitative estimate of drug-likeness (QED) is 0.168. The molecule has 0 atom stereocenters. The van der Waals surface area contributed by atoms with E-state index in [2.05, 4.69) is 161 Å². The molecule has 0 saturated heterocycles. The third kappa shape index (κ3) is 5.62. The number of fused-ring (bicyclic) bond motifs is 10. The molecule has 4 aromatic heterocycles. The minimum atomic E-state index is 0.605. The molecule has 0 aliphatic heterocycles. The first kappa shape index (κ1) is 35.2. The molecule has 9 aromatic carbocycles. The molecule has 0 fully saturated rings. The molecule has 6 heteroatoms. The Kier molecular flexibility index (Phi) is 7.80. The molecule has 0 amide bonds. The molecule has 0 bridgehead atoms. The molecule has 6 nitrogen and oxygen atoms in total. The van der Waals surface area contributed by atoms with E-state index in [1.54, 1.807) is 0 Å². The Morgan fingerprint density at radius 1 is 0.302 bits per heavy atom. The van der Waals surface area contributed by atoms with Gasteiger partial charge in [0.1, 0.15) is 5.58 Å². The zero-order valence-corrected chi connectivity index (χ0v) is 33.9. The van der Waals surface area contributed by atoms with Crippen molar-refractivity contribution in [2.75, 3.05) is 0 Å². The third-order valence-electron chi connectivity index (χ3n) is 12.4. The van der Waals surface area contributed by atoms with E-state index in [1.165, 1.54) is 21.9 Å². The van der Waals surface area contributed by atoms with Crippen LogP contribution in [0.1, 0.15) is 0 Å². The van der Waals surface area contributed by atoms with Crippen molar-refractivity contribution in [1.29, 1.82) is 0 Å². The van der Waals surface area contributed by atoms with Crippen LogP contribution in [-0.4, -0.2) is 24.1 Å². The van der Waals surface area contributed by atoms with Gasteiger partial charge in [-0.15, -0.1) is 0 Å². The van der Waals surface area contributed by atoms with Crippen LogP contribution < -0.4 is 0 Å². The van der Waals surface area contributed by atoms with E-state index in [0.29, 0.717) is 17.5 Å². The smallest absolute Gasteiger partial charge is 0.164 e. The molecule has 13 aromatic rings. The van der Waals surface area contributed by atoms with Crippen molar-refractivity contribution in [3.63, 3.8) is 0 Å². The Labute approximate surface area is 361 Å². The van der Waals surface area contributed by atoms with Crippen molar-refractivity contribution in [2.45, 2.75) is 0 Å². The normalized spacial score (nSPS) is 11.8. The molecular formula is C57H35N5O. The summed E-state index contributed by atoms with van der Waals surface area (Å²) in [6.07, 6.45) is 0. The zero-order valence-electron chi connectivity index (χ0n) is 33.9. The molecule has 0 spiro atoms. The van der Waals surface area contributed by atoms with Crippen molar-refractivity contribution in [3.05, 3.63) is 212 Å². The number of rotatable bonds is 6. The second-order valence-electron chi connectivity index (χ2n) is 16.0. The minimum absolute atomic E-state index is 0.605. The van der Waals surface area contributed by atoms with Crippen molar-refractivity contribution in [1.82, 2.24) is 24.1 Å². The monoisotopic (exact) mass is 805 g/mol. The van der Waals surface area contributed by atoms with Gasteiger partial charge in [-0.1, -0.05) is 152 Å². The van der Waals surface area contributed by atoms with Crippen LogP contribution in [0.2, 0.25) is 0 Å². The lowest BCUT2D eigenvalue weighted by atomic mass is 10.0. The average molecular weight is 806 g/mol. The van der Waals surface area contributed by atoms with Crippen molar-refractivity contribution >= 4 is 65.6 Å². The van der Waals surface area contributed by atoms with Gasteiger partial charge in [0.15, 0.2) is 23.1 Å². The fourth-order valence-electron chi connectivity index (χ4n) is 9.46. The predicted molar refractivity (Wildman–Crippen MR) is 258 cm³/mol. The van der Waals surface area contributed by atoms with Gasteiger partial charge in [0.2, 0.25) is 0 Å². The van der Waals surface area contributed by atoms with Crippen molar-refractivity contribution < 1.29 is 4.42 Å². The molecule has 0 radical (unpaired) electrons. The lowest BCUT2D eigenvalue weighted by molar-refractivity contribution is 0.671. The molecule has 0 saturated carbocycles. The molecule has 4 heterocycles. The van der Waals surface area contributed by atoms with Crippen LogP contribution in [0.4, 0.5) is 0 Å². The predicted octanol–water partition coefficient (Wildman–Crippen LogP) is 14.6. The van der Waals surface area contributed by atoms with Crippen LogP contribution in [0, 0.1) is 0 Å². The number of hydrogen-bond donors (Lipinski definition) is 0. The number of para-hydroxylation sites is 2. The Morgan fingerprint density at radius 2 is 0.825 bits per heavy atom. The summed E-state index contributed by atoms with van der Waals surface area (Å²) in [5.74, 6) is 1.86. The molecule has 294 valence electrons. The third-order valence-corrected chi connectivity index (χ3v) is 12.4. The summed E-state index contributed by atoms with van der Waals surface area (Å²) in [5.41, 5.74) is 13.3. The van der Waals surface area contributed by atoms with Crippen molar-refractivity contribution in [2.24, 2.45) is 0 Å². The maximum atomic E-state index is 7.07. The number of benzene rings is 9. The van der Waals surface area contributed by atoms with Gasteiger partial charge in [-0.25, -0.2) is 15.0 Å². The number of hydrogen-bond acceptors (Lipinski definition) is 4. The maximum Gasteiger partial charge on any atom is 0.164 e. The van der Waals surface area contributed by atoms with Gasteiger partial charge in [0.05, 0.1) is 22.1 Å². The van der Waals surface area contributed by atoms with Crippen LogP contribution in [0.25, 0.3) is 122 Å². The zero-order chi connectivity index (χ0) is 41.4. The van der Waals surface area contributed by atoms with E-state index in [-0.39, 0.29) is 0 Å². The Bertz CT molecular complexity index is 3850. The SMILES string of the molecule is c1ccc(-c2ccc3c(c2)c2ccccc2n3-c2ccc3c(c2)oc2c3ccc3c4ccccc4n(-c4cccc(-c5nc(-c6ccccc6)nc(-c6ccccc6)n5)c4)c32)cc1. The fraction of sp³-hybridized carbons (Fsp3) is 0. The maximum absolute atomic E-state index is 7.07. The van der Waals surface area contributed by atoms with Gasteiger partial charge in [-0.2, -0.15) is 0 Å². The summed E-state index contributed by atoms with van der Waals surface area (Å²) in [6.45, 7) is 0. The number of furan rings is 1. The van der Waals surface area contributed by atoms with Crippen molar-refractivity contribution in [3.8, 4) is 56.7 Å². The van der Waals surface area contributed by atoms with E-state index < -0.39 is 0 Å². The summed E-state index contributed by atoms with van der Waals surface area (Å²) in [4.78, 5) is 15.1.